The summed E-state index contributed by atoms with van der Waals surface area (Å²) < 4.78 is 5.11. The van der Waals surface area contributed by atoms with Crippen LogP contribution >= 0.6 is 11.6 Å². The van der Waals surface area contributed by atoms with Gasteiger partial charge in [0.05, 0.1) is 7.11 Å². The molecule has 0 radical (unpaired) electrons. The van der Waals surface area contributed by atoms with E-state index in [0.717, 1.165) is 23.3 Å². The van der Waals surface area contributed by atoms with Crippen molar-refractivity contribution in [3.05, 3.63) is 65.7 Å². The van der Waals surface area contributed by atoms with E-state index in [-0.39, 0.29) is 5.91 Å². The van der Waals surface area contributed by atoms with Gasteiger partial charge in [0.1, 0.15) is 11.1 Å². The summed E-state index contributed by atoms with van der Waals surface area (Å²) in [4.78, 5) is 12.0. The van der Waals surface area contributed by atoms with E-state index < -0.39 is 5.38 Å². The van der Waals surface area contributed by atoms with Crippen LogP contribution in [0.4, 0.5) is 0 Å². The summed E-state index contributed by atoms with van der Waals surface area (Å²) >= 11 is 6.15. The molecule has 0 bridgehead atoms. The predicted molar refractivity (Wildman–Crippen MR) is 84.7 cm³/mol. The molecule has 0 saturated carbocycles. The van der Waals surface area contributed by atoms with Gasteiger partial charge in [-0.15, -0.1) is 11.6 Å². The van der Waals surface area contributed by atoms with Gasteiger partial charge in [0.15, 0.2) is 0 Å². The lowest BCUT2D eigenvalue weighted by Crippen LogP contribution is -2.28. The van der Waals surface area contributed by atoms with E-state index in [4.69, 9.17) is 16.3 Å². The van der Waals surface area contributed by atoms with Crippen LogP contribution in [0.15, 0.2) is 54.6 Å². The Hall–Kier alpha value is -2.00. The Morgan fingerprint density at radius 1 is 1.14 bits per heavy atom. The maximum atomic E-state index is 12.0. The summed E-state index contributed by atoms with van der Waals surface area (Å²) in [5.74, 6) is 0.657. The zero-order valence-electron chi connectivity index (χ0n) is 11.9. The third-order valence-corrected chi connectivity index (χ3v) is 3.64. The Balaban J connectivity index is 1.81. The second kappa shape index (κ2) is 7.70. The first-order valence-electron chi connectivity index (χ1n) is 6.80. The first-order chi connectivity index (χ1) is 10.2. The summed E-state index contributed by atoms with van der Waals surface area (Å²) in [5.41, 5.74) is 1.95. The van der Waals surface area contributed by atoms with Crippen molar-refractivity contribution in [2.45, 2.75) is 11.8 Å². The Kier molecular flexibility index (Phi) is 5.64. The highest BCUT2D eigenvalue weighted by atomic mass is 35.5. The van der Waals surface area contributed by atoms with Crippen LogP contribution < -0.4 is 10.1 Å². The molecule has 2 aromatic rings. The molecule has 1 unspecified atom stereocenters. The van der Waals surface area contributed by atoms with E-state index in [0.29, 0.717) is 6.54 Å². The molecule has 0 aromatic heterocycles. The molecule has 2 aromatic carbocycles. The third-order valence-electron chi connectivity index (χ3n) is 3.19. The van der Waals surface area contributed by atoms with Crippen molar-refractivity contribution in [3.8, 4) is 5.75 Å². The molecule has 0 aliphatic rings. The number of alkyl halides is 1. The van der Waals surface area contributed by atoms with Crippen LogP contribution in [0, 0.1) is 0 Å². The lowest BCUT2D eigenvalue weighted by molar-refractivity contribution is -0.120. The smallest absolute Gasteiger partial charge is 0.242 e. The standard InChI is InChI=1S/C17H18ClNO2/c1-21-15-9-7-13(8-10-15)11-12-19-17(20)16(18)14-5-3-2-4-6-14/h2-10,16H,11-12H2,1H3,(H,19,20). The lowest BCUT2D eigenvalue weighted by atomic mass is 10.1. The highest BCUT2D eigenvalue weighted by molar-refractivity contribution is 6.30. The van der Waals surface area contributed by atoms with E-state index >= 15 is 0 Å². The molecule has 0 spiro atoms. The van der Waals surface area contributed by atoms with Crippen molar-refractivity contribution in [1.29, 1.82) is 0 Å². The number of hydrogen-bond donors (Lipinski definition) is 1. The number of hydrogen-bond acceptors (Lipinski definition) is 2. The number of amides is 1. The fraction of sp³-hybridized carbons (Fsp3) is 0.235. The van der Waals surface area contributed by atoms with E-state index in [1.54, 1.807) is 7.11 Å². The lowest BCUT2D eigenvalue weighted by Gasteiger charge is -2.11. The van der Waals surface area contributed by atoms with Gasteiger partial charge in [-0.1, -0.05) is 42.5 Å². The van der Waals surface area contributed by atoms with Crippen molar-refractivity contribution in [3.63, 3.8) is 0 Å². The van der Waals surface area contributed by atoms with Crippen molar-refractivity contribution < 1.29 is 9.53 Å². The molecule has 1 atom stereocenters. The average molecular weight is 304 g/mol. The predicted octanol–water partition coefficient (Wildman–Crippen LogP) is 3.33. The van der Waals surface area contributed by atoms with Gasteiger partial charge in [-0.05, 0) is 29.7 Å². The molecule has 21 heavy (non-hydrogen) atoms. The number of rotatable bonds is 6. The molecule has 0 aliphatic carbocycles. The van der Waals surface area contributed by atoms with Crippen molar-refractivity contribution in [2.24, 2.45) is 0 Å². The molecule has 3 nitrogen and oxygen atoms in total. The van der Waals surface area contributed by atoms with Gasteiger partial charge in [0.2, 0.25) is 5.91 Å². The van der Waals surface area contributed by atoms with Crippen LogP contribution in [0.2, 0.25) is 0 Å². The Labute approximate surface area is 129 Å². The summed E-state index contributed by atoms with van der Waals surface area (Å²) in [7, 11) is 1.64. The summed E-state index contributed by atoms with van der Waals surface area (Å²) in [6.07, 6.45) is 0.758. The molecule has 1 N–H and O–H groups in total. The normalized spacial score (nSPS) is 11.7. The SMILES string of the molecule is COc1ccc(CCNC(=O)C(Cl)c2ccccc2)cc1. The van der Waals surface area contributed by atoms with Crippen molar-refractivity contribution in [2.75, 3.05) is 13.7 Å². The minimum atomic E-state index is -0.651. The van der Waals surface area contributed by atoms with Gasteiger partial charge in [0.25, 0.3) is 0 Å². The van der Waals surface area contributed by atoms with Crippen LogP contribution in [0.3, 0.4) is 0 Å². The quantitative estimate of drug-likeness (QED) is 0.831. The molecule has 2 rings (SSSR count). The van der Waals surface area contributed by atoms with Gasteiger partial charge in [-0.2, -0.15) is 0 Å². The number of carbonyl (C=O) groups is 1. The number of methoxy groups -OCH3 is 1. The average Bonchev–Trinajstić information content (AvgIpc) is 2.55. The minimum absolute atomic E-state index is 0.170. The van der Waals surface area contributed by atoms with Gasteiger partial charge in [0, 0.05) is 6.54 Å². The Morgan fingerprint density at radius 3 is 2.43 bits per heavy atom. The number of benzene rings is 2. The largest absolute Gasteiger partial charge is 0.497 e. The van der Waals surface area contributed by atoms with Crippen LogP contribution in [-0.4, -0.2) is 19.6 Å². The number of nitrogens with one attached hydrogen (secondary N) is 1. The van der Waals surface area contributed by atoms with Gasteiger partial charge in [-0.25, -0.2) is 0 Å². The van der Waals surface area contributed by atoms with E-state index in [1.165, 1.54) is 0 Å². The van der Waals surface area contributed by atoms with Crippen LogP contribution in [0.1, 0.15) is 16.5 Å². The number of ether oxygens (including phenoxy) is 1. The van der Waals surface area contributed by atoms with Gasteiger partial charge in [-0.3, -0.25) is 4.79 Å². The summed E-state index contributed by atoms with van der Waals surface area (Å²) in [6, 6.07) is 17.1. The highest BCUT2D eigenvalue weighted by Gasteiger charge is 2.16. The maximum Gasteiger partial charge on any atom is 0.242 e. The zero-order valence-corrected chi connectivity index (χ0v) is 12.6. The van der Waals surface area contributed by atoms with Crippen LogP contribution in [0.5, 0.6) is 5.75 Å². The molecule has 110 valence electrons. The van der Waals surface area contributed by atoms with Crippen molar-refractivity contribution >= 4 is 17.5 Å². The molecular formula is C17H18ClNO2. The minimum Gasteiger partial charge on any atom is -0.497 e. The zero-order chi connectivity index (χ0) is 15.1. The third kappa shape index (κ3) is 4.50. The fourth-order valence-corrected chi connectivity index (χ4v) is 2.21. The van der Waals surface area contributed by atoms with E-state index in [2.05, 4.69) is 5.32 Å². The monoisotopic (exact) mass is 303 g/mol. The second-order valence-electron chi connectivity index (χ2n) is 4.66. The topological polar surface area (TPSA) is 38.3 Å². The maximum absolute atomic E-state index is 12.0. The van der Waals surface area contributed by atoms with E-state index in [1.807, 2.05) is 54.6 Å². The molecule has 0 heterocycles. The first kappa shape index (κ1) is 15.4. The number of halogens is 1. The fourth-order valence-electron chi connectivity index (χ4n) is 1.99. The molecule has 1 amide bonds. The molecule has 0 aliphatic heterocycles. The Bertz CT molecular complexity index is 569. The molecular weight excluding hydrogens is 286 g/mol. The molecule has 0 fully saturated rings. The van der Waals surface area contributed by atoms with Gasteiger partial charge < -0.3 is 10.1 Å². The molecule has 0 saturated heterocycles. The van der Waals surface area contributed by atoms with Crippen LogP contribution in [-0.2, 0) is 11.2 Å². The van der Waals surface area contributed by atoms with Crippen molar-refractivity contribution in [1.82, 2.24) is 5.32 Å². The number of carbonyl (C=O) groups excluding carboxylic acids is 1. The molecule has 4 heteroatoms. The summed E-state index contributed by atoms with van der Waals surface area (Å²) in [5, 5.41) is 2.20. The summed E-state index contributed by atoms with van der Waals surface area (Å²) in [6.45, 7) is 0.557. The van der Waals surface area contributed by atoms with Crippen LogP contribution in [0.25, 0.3) is 0 Å². The highest BCUT2D eigenvalue weighted by Crippen LogP contribution is 2.19. The first-order valence-corrected chi connectivity index (χ1v) is 7.24. The Morgan fingerprint density at radius 2 is 1.81 bits per heavy atom. The second-order valence-corrected chi connectivity index (χ2v) is 5.10. The van der Waals surface area contributed by atoms with E-state index in [9.17, 15) is 4.79 Å². The van der Waals surface area contributed by atoms with Gasteiger partial charge >= 0.3 is 0 Å².